The van der Waals surface area contributed by atoms with Crippen molar-refractivity contribution in [3.05, 3.63) is 33.7 Å². The van der Waals surface area contributed by atoms with Crippen LogP contribution in [0, 0.1) is 6.92 Å². The zero-order valence-corrected chi connectivity index (χ0v) is 25.4. The quantitative estimate of drug-likeness (QED) is 0.388. The van der Waals surface area contributed by atoms with Gasteiger partial charge < -0.3 is 29.4 Å². The van der Waals surface area contributed by atoms with Crippen LogP contribution in [-0.4, -0.2) is 105 Å². The third-order valence-electron chi connectivity index (χ3n) is 6.70. The van der Waals surface area contributed by atoms with E-state index in [1.807, 2.05) is 0 Å². The lowest BCUT2D eigenvalue weighted by Crippen LogP contribution is -2.46. The number of hydrogen-bond donors (Lipinski definition) is 2. The van der Waals surface area contributed by atoms with Crippen LogP contribution in [0.3, 0.4) is 0 Å². The first-order valence-electron chi connectivity index (χ1n) is 13.5. The summed E-state index contributed by atoms with van der Waals surface area (Å²) in [7, 11) is -2.10. The molecule has 0 aliphatic carbocycles. The number of morpholine rings is 1. The second-order valence-electron chi connectivity index (χ2n) is 11.2. The first kappa shape index (κ1) is 32.3. The number of ether oxygens (including phenoxy) is 2. The Morgan fingerprint density at radius 1 is 1.22 bits per heavy atom. The van der Waals surface area contributed by atoms with Crippen LogP contribution in [0.25, 0.3) is 10.9 Å². The van der Waals surface area contributed by atoms with Crippen molar-refractivity contribution in [3.63, 3.8) is 0 Å². The monoisotopic (exact) mass is 595 g/mol. The first-order valence-corrected chi connectivity index (χ1v) is 15.5. The third-order valence-corrected chi connectivity index (χ3v) is 8.17. The van der Waals surface area contributed by atoms with Crippen molar-refractivity contribution in [1.29, 1.82) is 0 Å². The molecule has 0 saturated carbocycles. The van der Waals surface area contributed by atoms with Gasteiger partial charge in [0.25, 0.3) is 6.01 Å². The van der Waals surface area contributed by atoms with E-state index >= 15 is 0 Å². The topological polar surface area (TPSA) is 160 Å². The second kappa shape index (κ2) is 13.6. The van der Waals surface area contributed by atoms with E-state index in [2.05, 4.69) is 20.5 Å². The number of anilines is 1. The fourth-order valence-corrected chi connectivity index (χ4v) is 5.51. The number of benzene rings is 1. The van der Waals surface area contributed by atoms with E-state index in [4.69, 9.17) is 13.9 Å². The summed E-state index contributed by atoms with van der Waals surface area (Å²) >= 11 is 0. The highest BCUT2D eigenvalue weighted by Crippen LogP contribution is 2.20. The molecule has 3 rings (SSSR count). The van der Waals surface area contributed by atoms with Crippen molar-refractivity contribution in [2.24, 2.45) is 0 Å². The van der Waals surface area contributed by atoms with E-state index in [0.717, 1.165) is 19.3 Å². The Balaban J connectivity index is 1.63. The molecule has 1 saturated heterocycles. The molecule has 1 atom stereocenters. The largest absolute Gasteiger partial charge is 0.444 e. The standard InChI is InChI=1S/C27H41N5O8S/c1-18-19(17-29-26(35)40-27(2,3)4)7-8-20-22(18)24(34)39-25(30-20)28-10-9-21(41(6,36)37)23(33)31(5)11-12-32-13-15-38-16-14-32/h7-8,21H,9-17H2,1-6H3,(H,28,30)(H,29,35). The Hall–Kier alpha value is -3.23. The molecule has 14 heteroatoms. The molecule has 0 radical (unpaired) electrons. The summed E-state index contributed by atoms with van der Waals surface area (Å²) in [6, 6.07) is 3.31. The highest BCUT2D eigenvalue weighted by molar-refractivity contribution is 7.92. The van der Waals surface area contributed by atoms with Gasteiger partial charge in [-0.3, -0.25) is 9.69 Å². The molecule has 41 heavy (non-hydrogen) atoms. The molecule has 0 spiro atoms. The van der Waals surface area contributed by atoms with Gasteiger partial charge in [-0.1, -0.05) is 6.07 Å². The molecule has 1 aliphatic rings. The summed E-state index contributed by atoms with van der Waals surface area (Å²) in [6.07, 6.45) is 0.436. The van der Waals surface area contributed by atoms with Gasteiger partial charge in [0.15, 0.2) is 9.84 Å². The molecule has 13 nitrogen and oxygen atoms in total. The predicted octanol–water partition coefficient (Wildman–Crippen LogP) is 1.53. The van der Waals surface area contributed by atoms with Crippen molar-refractivity contribution in [3.8, 4) is 0 Å². The van der Waals surface area contributed by atoms with Crippen molar-refractivity contribution < 1.29 is 31.9 Å². The number of carbonyl (C=O) groups is 2. The Labute approximate surface area is 240 Å². The average molecular weight is 596 g/mol. The number of aryl methyl sites for hydroxylation is 1. The molecule has 2 aromatic rings. The van der Waals surface area contributed by atoms with Crippen LogP contribution in [0.5, 0.6) is 0 Å². The number of nitrogens with zero attached hydrogens (tertiary/aromatic N) is 3. The van der Waals surface area contributed by atoms with Crippen LogP contribution >= 0.6 is 0 Å². The number of carbonyl (C=O) groups excluding carboxylic acids is 2. The fraction of sp³-hybridized carbons (Fsp3) is 0.630. The third kappa shape index (κ3) is 9.40. The molecular weight excluding hydrogens is 554 g/mol. The number of likely N-dealkylation sites (N-methyl/N-ethyl adjacent to an activating group) is 1. The Morgan fingerprint density at radius 3 is 2.54 bits per heavy atom. The number of nitrogens with one attached hydrogen (secondary N) is 2. The number of aromatic nitrogens is 1. The van der Waals surface area contributed by atoms with E-state index in [1.165, 1.54) is 4.90 Å². The summed E-state index contributed by atoms with van der Waals surface area (Å²) in [6.45, 7) is 11.1. The summed E-state index contributed by atoms with van der Waals surface area (Å²) in [5, 5.41) is 4.53. The van der Waals surface area contributed by atoms with Gasteiger partial charge in [-0.25, -0.2) is 18.0 Å². The van der Waals surface area contributed by atoms with Gasteiger partial charge in [-0.2, -0.15) is 4.98 Å². The lowest BCUT2D eigenvalue weighted by Gasteiger charge is -2.29. The van der Waals surface area contributed by atoms with Crippen LogP contribution in [0.2, 0.25) is 0 Å². The van der Waals surface area contributed by atoms with Crippen molar-refractivity contribution in [2.45, 2.75) is 51.5 Å². The Kier molecular flexibility index (Phi) is 10.7. The van der Waals surface area contributed by atoms with Gasteiger partial charge in [0.05, 0.1) is 24.1 Å². The summed E-state index contributed by atoms with van der Waals surface area (Å²) in [5.41, 5.74) is 0.415. The maximum Gasteiger partial charge on any atom is 0.407 e. The lowest BCUT2D eigenvalue weighted by molar-refractivity contribution is -0.129. The van der Waals surface area contributed by atoms with Gasteiger partial charge >= 0.3 is 11.7 Å². The summed E-state index contributed by atoms with van der Waals surface area (Å²) in [4.78, 5) is 45.8. The van der Waals surface area contributed by atoms with Gasteiger partial charge in [0.1, 0.15) is 10.9 Å². The van der Waals surface area contributed by atoms with Gasteiger partial charge in [-0.15, -0.1) is 0 Å². The number of alkyl carbamates (subject to hydrolysis) is 1. The van der Waals surface area contributed by atoms with Crippen LogP contribution in [0.1, 0.15) is 38.3 Å². The van der Waals surface area contributed by atoms with Crippen molar-refractivity contribution >= 4 is 38.8 Å². The Bertz CT molecular complexity index is 1400. The molecule has 0 bridgehead atoms. The van der Waals surface area contributed by atoms with E-state index in [-0.39, 0.29) is 30.9 Å². The molecular formula is C27H41N5O8S. The molecule has 2 heterocycles. The first-order chi connectivity index (χ1) is 19.2. The molecule has 2 N–H and O–H groups in total. The number of rotatable bonds is 11. The lowest BCUT2D eigenvalue weighted by atomic mass is 10.0. The van der Waals surface area contributed by atoms with Crippen LogP contribution < -0.4 is 16.3 Å². The minimum atomic E-state index is -3.70. The highest BCUT2D eigenvalue weighted by atomic mass is 32.2. The number of hydrogen-bond acceptors (Lipinski definition) is 11. The van der Waals surface area contributed by atoms with Crippen LogP contribution in [-0.2, 0) is 30.7 Å². The average Bonchev–Trinajstić information content (AvgIpc) is 2.87. The second-order valence-corrected chi connectivity index (χ2v) is 13.4. The molecule has 2 amide bonds. The normalized spacial score (nSPS) is 15.4. The highest BCUT2D eigenvalue weighted by Gasteiger charge is 2.31. The van der Waals surface area contributed by atoms with E-state index in [9.17, 15) is 22.8 Å². The van der Waals surface area contributed by atoms with E-state index < -0.39 is 38.3 Å². The zero-order chi connectivity index (χ0) is 30.4. The van der Waals surface area contributed by atoms with Gasteiger partial charge in [-0.05, 0) is 51.3 Å². The van der Waals surface area contributed by atoms with Crippen molar-refractivity contribution in [2.75, 3.05) is 64.6 Å². The zero-order valence-electron chi connectivity index (χ0n) is 24.6. The van der Waals surface area contributed by atoms with Gasteiger partial charge in [0.2, 0.25) is 5.91 Å². The van der Waals surface area contributed by atoms with E-state index in [1.54, 1.807) is 46.9 Å². The number of amides is 2. The molecule has 1 aromatic carbocycles. The summed E-state index contributed by atoms with van der Waals surface area (Å²) in [5.74, 6) is -0.487. The minimum Gasteiger partial charge on any atom is -0.444 e. The summed E-state index contributed by atoms with van der Waals surface area (Å²) < 4.78 is 40.9. The Morgan fingerprint density at radius 2 is 1.90 bits per heavy atom. The number of sulfone groups is 1. The predicted molar refractivity (Wildman–Crippen MR) is 155 cm³/mol. The smallest absolute Gasteiger partial charge is 0.407 e. The minimum absolute atomic E-state index is 0.0305. The van der Waals surface area contributed by atoms with Gasteiger partial charge in [0, 0.05) is 52.6 Å². The molecule has 228 valence electrons. The van der Waals surface area contributed by atoms with Crippen LogP contribution in [0.4, 0.5) is 10.8 Å². The SMILES string of the molecule is Cc1c(CNC(=O)OC(C)(C)C)ccc2nc(NCCC(C(=O)N(C)CCN3CCOCC3)S(C)(=O)=O)oc(=O)c12. The maximum absolute atomic E-state index is 13.0. The fourth-order valence-electron chi connectivity index (χ4n) is 4.41. The molecule has 1 aromatic heterocycles. The van der Waals surface area contributed by atoms with E-state index in [0.29, 0.717) is 42.9 Å². The molecule has 1 unspecified atom stereocenters. The maximum atomic E-state index is 13.0. The van der Waals surface area contributed by atoms with Crippen molar-refractivity contribution in [1.82, 2.24) is 20.1 Å². The molecule has 1 aliphatic heterocycles. The number of fused-ring (bicyclic) bond motifs is 1. The molecule has 1 fully saturated rings. The van der Waals surface area contributed by atoms with Crippen LogP contribution in [0.15, 0.2) is 21.3 Å².